The Morgan fingerprint density at radius 1 is 0.800 bits per heavy atom. The van der Waals surface area contributed by atoms with Crippen LogP contribution < -0.4 is 4.74 Å². The van der Waals surface area contributed by atoms with Gasteiger partial charge in [0.1, 0.15) is 11.4 Å². The molecule has 0 saturated carbocycles. The molecule has 0 atom stereocenters. The lowest BCUT2D eigenvalue weighted by Crippen LogP contribution is -2.34. The molecule has 1 aliphatic rings. The van der Waals surface area contributed by atoms with Gasteiger partial charge in [-0.25, -0.2) is 9.98 Å². The Labute approximate surface area is 180 Å². The van der Waals surface area contributed by atoms with Crippen molar-refractivity contribution >= 4 is 34.4 Å². The first kappa shape index (κ1) is 19.8. The fraction of sp³-hybridized carbons (Fsp3) is 0.125. The number of nitrogens with zero attached hydrogens (tertiary/aromatic N) is 4. The summed E-state index contributed by atoms with van der Waals surface area (Å²) in [4.78, 5) is 9.11. The molecule has 3 aromatic rings. The molecule has 0 amide bonds. The van der Waals surface area contributed by atoms with Gasteiger partial charge in [0, 0.05) is 0 Å². The van der Waals surface area contributed by atoms with Crippen LogP contribution in [0, 0.1) is 0 Å². The molecule has 0 fully saturated rings. The van der Waals surface area contributed by atoms with Crippen molar-refractivity contribution < 1.29 is 4.74 Å². The second-order valence-corrected chi connectivity index (χ2v) is 6.89. The fourth-order valence-corrected chi connectivity index (χ4v) is 3.39. The van der Waals surface area contributed by atoms with E-state index in [-0.39, 0.29) is 5.11 Å². The zero-order valence-corrected chi connectivity index (χ0v) is 17.3. The maximum absolute atomic E-state index is 5.68. The van der Waals surface area contributed by atoms with Crippen LogP contribution in [0.15, 0.2) is 105 Å². The summed E-state index contributed by atoms with van der Waals surface area (Å²) >= 11 is 5.38. The zero-order chi connectivity index (χ0) is 20.8. The maximum Gasteiger partial charge on any atom is 0.219 e. The van der Waals surface area contributed by atoms with E-state index in [1.807, 2.05) is 91.9 Å². The minimum absolute atomic E-state index is 0.286. The van der Waals surface area contributed by atoms with Crippen LogP contribution in [-0.4, -0.2) is 29.2 Å². The Morgan fingerprint density at radius 3 is 1.90 bits per heavy atom. The van der Waals surface area contributed by atoms with Crippen molar-refractivity contribution in [3.05, 3.63) is 96.1 Å². The molecular weight excluding hydrogens is 392 g/mol. The highest BCUT2D eigenvalue weighted by atomic mass is 32.1. The predicted octanol–water partition coefficient (Wildman–Crippen LogP) is 5.81. The van der Waals surface area contributed by atoms with E-state index < -0.39 is 6.04 Å². The molecule has 0 bridgehead atoms. The Balaban J connectivity index is 1.79. The van der Waals surface area contributed by atoms with Crippen LogP contribution in [0.5, 0.6) is 5.75 Å². The van der Waals surface area contributed by atoms with E-state index in [9.17, 15) is 0 Å². The topological polar surface area (TPSA) is 58.7 Å². The minimum atomic E-state index is -0.490. The van der Waals surface area contributed by atoms with Crippen LogP contribution in [0.25, 0.3) is 0 Å². The van der Waals surface area contributed by atoms with Gasteiger partial charge in [0.25, 0.3) is 0 Å². The van der Waals surface area contributed by atoms with Gasteiger partial charge in [-0.05, 0) is 42.4 Å². The number of azo groups is 1. The maximum atomic E-state index is 5.68. The highest BCUT2D eigenvalue weighted by molar-refractivity contribution is 7.80. The molecule has 0 aliphatic carbocycles. The highest BCUT2D eigenvalue weighted by Crippen LogP contribution is 2.28. The summed E-state index contributed by atoms with van der Waals surface area (Å²) in [5.41, 5.74) is 3.99. The van der Waals surface area contributed by atoms with E-state index in [1.54, 1.807) is 0 Å². The third kappa shape index (κ3) is 4.39. The van der Waals surface area contributed by atoms with Gasteiger partial charge < -0.3 is 4.74 Å². The Kier molecular flexibility index (Phi) is 6.15. The first-order valence-electron chi connectivity index (χ1n) is 9.71. The minimum Gasteiger partial charge on any atom is -0.492 e. The number of hydrogen-bond donors (Lipinski definition) is 0. The summed E-state index contributed by atoms with van der Waals surface area (Å²) in [6.45, 7) is 2.49. The van der Waals surface area contributed by atoms with E-state index in [4.69, 9.17) is 17.0 Å². The molecule has 6 heteroatoms. The molecule has 0 spiro atoms. The van der Waals surface area contributed by atoms with Crippen LogP contribution in [0.3, 0.4) is 0 Å². The monoisotopic (exact) mass is 412 g/mol. The number of hydrogen-bond acceptors (Lipinski definition) is 4. The van der Waals surface area contributed by atoms with Crippen molar-refractivity contribution in [3.63, 3.8) is 0 Å². The summed E-state index contributed by atoms with van der Waals surface area (Å²) in [6.07, 6.45) is 0. The number of benzene rings is 3. The third-order valence-electron chi connectivity index (χ3n) is 4.54. The second-order valence-electron chi connectivity index (χ2n) is 6.53. The molecule has 0 radical (unpaired) electrons. The average molecular weight is 413 g/mol. The van der Waals surface area contributed by atoms with Gasteiger partial charge in [-0.15, -0.1) is 0 Å². The summed E-state index contributed by atoms with van der Waals surface area (Å²) in [7, 11) is 0. The second kappa shape index (κ2) is 9.33. The molecule has 4 rings (SSSR count). The van der Waals surface area contributed by atoms with E-state index in [0.29, 0.717) is 18.0 Å². The molecule has 0 saturated heterocycles. The molecule has 0 unspecified atom stereocenters. The van der Waals surface area contributed by atoms with Crippen LogP contribution >= 0.6 is 12.2 Å². The van der Waals surface area contributed by atoms with Gasteiger partial charge in [-0.2, -0.15) is 10.2 Å². The van der Waals surface area contributed by atoms with E-state index in [1.165, 1.54) is 0 Å². The molecule has 1 heterocycles. The normalized spacial score (nSPS) is 14.5. The molecule has 0 aromatic heterocycles. The van der Waals surface area contributed by atoms with Crippen LogP contribution in [-0.2, 0) is 0 Å². The lowest BCUT2D eigenvalue weighted by Gasteiger charge is -2.21. The van der Waals surface area contributed by atoms with Crippen molar-refractivity contribution in [1.82, 2.24) is 0 Å². The first-order chi connectivity index (χ1) is 14.8. The van der Waals surface area contributed by atoms with E-state index in [0.717, 1.165) is 22.6 Å². The van der Waals surface area contributed by atoms with Gasteiger partial charge in [-0.3, -0.25) is 0 Å². The smallest absolute Gasteiger partial charge is 0.219 e. The van der Waals surface area contributed by atoms with Gasteiger partial charge in [0.05, 0.1) is 18.0 Å². The van der Waals surface area contributed by atoms with Gasteiger partial charge >= 0.3 is 0 Å². The quantitative estimate of drug-likeness (QED) is 0.379. The number of rotatable bonds is 6. The number of thiocarbonyl (C=S) groups is 1. The number of para-hydroxylation sites is 1. The molecule has 0 N–H and O–H groups in total. The summed E-state index contributed by atoms with van der Waals surface area (Å²) in [5, 5.41) is 9.48. The molecule has 148 valence electrons. The Hall–Kier alpha value is -3.51. The third-order valence-corrected chi connectivity index (χ3v) is 4.72. The standard InChI is InChI=1S/C24H20N4OS/c1-2-29-20-16-10-9-15-19(20)27-28-23-21(17-11-5-3-6-12-17)25-24(30)26-22(23)18-13-7-4-8-14-18/h3-16,23H,2H2,1H3. The van der Waals surface area contributed by atoms with E-state index >= 15 is 0 Å². The van der Waals surface area contributed by atoms with Gasteiger partial charge in [0.15, 0.2) is 6.04 Å². The highest BCUT2D eigenvalue weighted by Gasteiger charge is 2.29. The van der Waals surface area contributed by atoms with Crippen molar-refractivity contribution in [2.75, 3.05) is 6.61 Å². The summed E-state index contributed by atoms with van der Waals surface area (Å²) in [6, 6.07) is 26.8. The van der Waals surface area contributed by atoms with Crippen LogP contribution in [0.1, 0.15) is 18.1 Å². The molecule has 5 nitrogen and oxygen atoms in total. The van der Waals surface area contributed by atoms with Gasteiger partial charge in [-0.1, -0.05) is 72.8 Å². The van der Waals surface area contributed by atoms with E-state index in [2.05, 4.69) is 20.2 Å². The molecular formula is C24H20N4OS. The SMILES string of the molecule is CCOc1ccccc1N=NC1C(c2ccccc2)=NC(=S)N=C1c1ccccc1. The summed E-state index contributed by atoms with van der Waals surface area (Å²) < 4.78 is 5.68. The first-order valence-corrected chi connectivity index (χ1v) is 10.1. The lowest BCUT2D eigenvalue weighted by molar-refractivity contribution is 0.341. The van der Waals surface area contributed by atoms with Crippen molar-refractivity contribution in [3.8, 4) is 5.75 Å². The molecule has 30 heavy (non-hydrogen) atoms. The predicted molar refractivity (Wildman–Crippen MR) is 124 cm³/mol. The summed E-state index contributed by atoms with van der Waals surface area (Å²) in [5.74, 6) is 0.687. The molecule has 1 aliphatic heterocycles. The van der Waals surface area contributed by atoms with Crippen LogP contribution in [0.4, 0.5) is 5.69 Å². The Morgan fingerprint density at radius 2 is 1.33 bits per heavy atom. The molecule has 3 aromatic carbocycles. The fourth-order valence-electron chi connectivity index (χ4n) is 3.19. The largest absolute Gasteiger partial charge is 0.492 e. The van der Waals surface area contributed by atoms with Crippen molar-refractivity contribution in [2.24, 2.45) is 20.2 Å². The van der Waals surface area contributed by atoms with Crippen molar-refractivity contribution in [2.45, 2.75) is 13.0 Å². The van der Waals surface area contributed by atoms with Gasteiger partial charge in [0.2, 0.25) is 5.11 Å². The zero-order valence-electron chi connectivity index (χ0n) is 16.5. The van der Waals surface area contributed by atoms with Crippen LogP contribution in [0.2, 0.25) is 0 Å². The Bertz CT molecular complexity index is 1060. The van der Waals surface area contributed by atoms with Crippen molar-refractivity contribution in [1.29, 1.82) is 0 Å². The number of aliphatic imine (C=N–C) groups is 2. The lowest BCUT2D eigenvalue weighted by atomic mass is 9.94. The number of ether oxygens (including phenoxy) is 1. The average Bonchev–Trinajstić information content (AvgIpc) is 2.80.